The Kier molecular flexibility index (Phi) is 5.66. The van der Waals surface area contributed by atoms with E-state index in [1.165, 1.54) is 11.1 Å². The van der Waals surface area contributed by atoms with Gasteiger partial charge in [-0.15, -0.1) is 0 Å². The van der Waals surface area contributed by atoms with E-state index in [1.54, 1.807) is 6.92 Å². The highest BCUT2D eigenvalue weighted by Crippen LogP contribution is 2.22. The van der Waals surface area contributed by atoms with E-state index in [1.807, 2.05) is 39.0 Å². The fourth-order valence-electron chi connectivity index (χ4n) is 2.80. The second-order valence-corrected chi connectivity index (χ2v) is 6.62. The summed E-state index contributed by atoms with van der Waals surface area (Å²) in [6.07, 6.45) is -0.543. The lowest BCUT2D eigenvalue weighted by molar-refractivity contribution is -0.127. The minimum Gasteiger partial charge on any atom is -0.481 e. The predicted octanol–water partition coefficient (Wildman–Crippen LogP) is 4.56. The maximum atomic E-state index is 12.5. The molecule has 2 aromatic rings. The Morgan fingerprint density at radius 2 is 1.54 bits per heavy atom. The number of rotatable bonds is 5. The zero-order chi connectivity index (χ0) is 17.9. The smallest absolute Gasteiger partial charge is 0.261 e. The van der Waals surface area contributed by atoms with Crippen LogP contribution in [0.5, 0.6) is 5.75 Å². The monoisotopic (exact) mass is 325 g/mol. The average Bonchev–Trinajstić information content (AvgIpc) is 2.50. The van der Waals surface area contributed by atoms with Crippen LogP contribution >= 0.6 is 0 Å². The highest BCUT2D eigenvalue weighted by Gasteiger charge is 2.19. The van der Waals surface area contributed by atoms with Crippen LogP contribution < -0.4 is 10.1 Å². The van der Waals surface area contributed by atoms with Gasteiger partial charge in [0, 0.05) is 0 Å². The maximum absolute atomic E-state index is 12.5. The summed E-state index contributed by atoms with van der Waals surface area (Å²) in [5.74, 6) is 0.653. The van der Waals surface area contributed by atoms with E-state index in [-0.39, 0.29) is 11.9 Å². The lowest BCUT2D eigenvalue weighted by Crippen LogP contribution is -2.38. The summed E-state index contributed by atoms with van der Waals surface area (Å²) in [4.78, 5) is 12.5. The normalized spacial score (nSPS) is 13.2. The first-order valence-electron chi connectivity index (χ1n) is 8.39. The molecule has 0 aromatic heterocycles. The van der Waals surface area contributed by atoms with Crippen LogP contribution in [-0.2, 0) is 4.79 Å². The molecule has 24 heavy (non-hydrogen) atoms. The van der Waals surface area contributed by atoms with E-state index in [2.05, 4.69) is 37.4 Å². The van der Waals surface area contributed by atoms with Gasteiger partial charge in [0.1, 0.15) is 5.75 Å². The van der Waals surface area contributed by atoms with Gasteiger partial charge in [-0.3, -0.25) is 4.79 Å². The zero-order valence-electron chi connectivity index (χ0n) is 15.4. The van der Waals surface area contributed by atoms with Crippen LogP contribution in [0.25, 0.3) is 0 Å². The number of ether oxygens (including phenoxy) is 1. The van der Waals surface area contributed by atoms with Crippen molar-refractivity contribution in [1.29, 1.82) is 0 Å². The molecular formula is C21H27NO2. The number of benzene rings is 2. The summed E-state index contributed by atoms with van der Waals surface area (Å²) in [6, 6.07) is 12.2. The Hall–Kier alpha value is -2.29. The third-order valence-electron chi connectivity index (χ3n) is 4.27. The Morgan fingerprint density at radius 3 is 2.21 bits per heavy atom. The third-order valence-corrected chi connectivity index (χ3v) is 4.27. The minimum absolute atomic E-state index is 0.0530. The molecule has 0 aliphatic heterocycles. The number of amides is 1. The summed E-state index contributed by atoms with van der Waals surface area (Å²) in [5, 5.41) is 3.05. The SMILES string of the molecule is Cc1ccc(C(C)NC(=O)C(C)Oc2cc(C)ccc2C)c(C)c1. The second-order valence-electron chi connectivity index (χ2n) is 6.62. The number of carbonyl (C=O) groups is 1. The molecule has 1 amide bonds. The first-order valence-corrected chi connectivity index (χ1v) is 8.39. The predicted molar refractivity (Wildman–Crippen MR) is 98.5 cm³/mol. The van der Waals surface area contributed by atoms with Gasteiger partial charge in [0.15, 0.2) is 6.10 Å². The summed E-state index contributed by atoms with van der Waals surface area (Å²) < 4.78 is 5.86. The molecule has 0 fully saturated rings. The van der Waals surface area contributed by atoms with Crippen molar-refractivity contribution in [3.05, 3.63) is 64.2 Å². The number of hydrogen-bond donors (Lipinski definition) is 1. The van der Waals surface area contributed by atoms with Gasteiger partial charge >= 0.3 is 0 Å². The Labute approximate surface area is 145 Å². The van der Waals surface area contributed by atoms with Gasteiger partial charge in [0.25, 0.3) is 5.91 Å². The van der Waals surface area contributed by atoms with E-state index >= 15 is 0 Å². The molecule has 0 aliphatic carbocycles. The van der Waals surface area contributed by atoms with Gasteiger partial charge in [-0.2, -0.15) is 0 Å². The van der Waals surface area contributed by atoms with Crippen LogP contribution in [0.1, 0.15) is 47.7 Å². The summed E-state index contributed by atoms with van der Waals surface area (Å²) in [7, 11) is 0. The van der Waals surface area contributed by atoms with Gasteiger partial charge < -0.3 is 10.1 Å². The number of nitrogens with one attached hydrogen (secondary N) is 1. The Balaban J connectivity index is 2.04. The van der Waals surface area contributed by atoms with Crippen molar-refractivity contribution in [2.75, 3.05) is 0 Å². The van der Waals surface area contributed by atoms with E-state index < -0.39 is 6.10 Å². The molecule has 3 nitrogen and oxygen atoms in total. The average molecular weight is 325 g/mol. The van der Waals surface area contributed by atoms with Crippen molar-refractivity contribution in [2.45, 2.75) is 53.7 Å². The molecule has 0 bridgehead atoms. The highest BCUT2D eigenvalue weighted by atomic mass is 16.5. The molecule has 2 unspecified atom stereocenters. The molecule has 0 radical (unpaired) electrons. The molecule has 128 valence electrons. The van der Waals surface area contributed by atoms with E-state index in [4.69, 9.17) is 4.74 Å². The van der Waals surface area contributed by atoms with Crippen molar-refractivity contribution in [1.82, 2.24) is 5.32 Å². The fourth-order valence-corrected chi connectivity index (χ4v) is 2.80. The van der Waals surface area contributed by atoms with Crippen LogP contribution in [0.2, 0.25) is 0 Å². The van der Waals surface area contributed by atoms with E-state index in [9.17, 15) is 4.79 Å². The number of carbonyl (C=O) groups excluding carboxylic acids is 1. The fraction of sp³-hybridized carbons (Fsp3) is 0.381. The molecule has 2 rings (SSSR count). The highest BCUT2D eigenvalue weighted by molar-refractivity contribution is 5.81. The van der Waals surface area contributed by atoms with E-state index in [0.717, 1.165) is 22.4 Å². The largest absolute Gasteiger partial charge is 0.481 e. The standard InChI is InChI=1S/C21H27NO2/c1-13-8-10-19(16(4)11-13)17(5)22-21(23)18(6)24-20-12-14(2)7-9-15(20)3/h7-12,17-18H,1-6H3,(H,22,23). The molecule has 1 N–H and O–H groups in total. The Bertz CT molecular complexity index is 737. The quantitative estimate of drug-likeness (QED) is 0.875. The van der Waals surface area contributed by atoms with Crippen molar-refractivity contribution in [3.8, 4) is 5.75 Å². The van der Waals surface area contributed by atoms with Gasteiger partial charge in [0.05, 0.1) is 6.04 Å². The number of aryl methyl sites for hydroxylation is 4. The van der Waals surface area contributed by atoms with Crippen LogP contribution in [0, 0.1) is 27.7 Å². The number of hydrogen-bond acceptors (Lipinski definition) is 2. The lowest BCUT2D eigenvalue weighted by Gasteiger charge is -2.21. The van der Waals surface area contributed by atoms with Gasteiger partial charge in [-0.1, -0.05) is 35.9 Å². The third kappa shape index (κ3) is 4.38. The van der Waals surface area contributed by atoms with Gasteiger partial charge in [-0.25, -0.2) is 0 Å². The van der Waals surface area contributed by atoms with Crippen LogP contribution in [0.15, 0.2) is 36.4 Å². The lowest BCUT2D eigenvalue weighted by atomic mass is 10.00. The molecule has 2 aromatic carbocycles. The summed E-state index contributed by atoms with van der Waals surface area (Å²) in [5.41, 5.74) is 5.69. The molecule has 0 spiro atoms. The summed E-state index contributed by atoms with van der Waals surface area (Å²) >= 11 is 0. The Morgan fingerprint density at radius 1 is 0.917 bits per heavy atom. The van der Waals surface area contributed by atoms with Crippen LogP contribution in [0.4, 0.5) is 0 Å². The van der Waals surface area contributed by atoms with Crippen molar-refractivity contribution in [3.63, 3.8) is 0 Å². The maximum Gasteiger partial charge on any atom is 0.261 e. The van der Waals surface area contributed by atoms with Crippen molar-refractivity contribution < 1.29 is 9.53 Å². The molecule has 0 aliphatic rings. The van der Waals surface area contributed by atoms with E-state index in [0.29, 0.717) is 0 Å². The molecular weight excluding hydrogens is 298 g/mol. The molecule has 0 saturated carbocycles. The summed E-state index contributed by atoms with van der Waals surface area (Å²) in [6.45, 7) is 11.9. The minimum atomic E-state index is -0.543. The van der Waals surface area contributed by atoms with Gasteiger partial charge in [-0.05, 0) is 69.9 Å². The first kappa shape index (κ1) is 18.1. The van der Waals surface area contributed by atoms with Crippen molar-refractivity contribution >= 4 is 5.91 Å². The first-order chi connectivity index (χ1) is 11.3. The van der Waals surface area contributed by atoms with Gasteiger partial charge in [0.2, 0.25) is 0 Å². The molecule has 3 heteroatoms. The molecule has 2 atom stereocenters. The zero-order valence-corrected chi connectivity index (χ0v) is 15.4. The second kappa shape index (κ2) is 7.52. The topological polar surface area (TPSA) is 38.3 Å². The molecule has 0 saturated heterocycles. The van der Waals surface area contributed by atoms with Crippen LogP contribution in [0.3, 0.4) is 0 Å². The molecule has 0 heterocycles. The van der Waals surface area contributed by atoms with Crippen molar-refractivity contribution in [2.24, 2.45) is 0 Å². The van der Waals surface area contributed by atoms with Crippen LogP contribution in [-0.4, -0.2) is 12.0 Å².